The molecule has 0 aliphatic carbocycles. The van der Waals surface area contributed by atoms with Crippen LogP contribution < -0.4 is 5.32 Å². The zero-order chi connectivity index (χ0) is 7.73. The molecule has 3 heteroatoms. The van der Waals surface area contributed by atoms with Gasteiger partial charge in [-0.2, -0.15) is 0 Å². The molecule has 1 unspecified atom stereocenters. The van der Waals surface area contributed by atoms with E-state index in [1.807, 2.05) is 0 Å². The second-order valence-electron chi connectivity index (χ2n) is 3.55. The summed E-state index contributed by atoms with van der Waals surface area (Å²) in [5.74, 6) is 0.150. The lowest BCUT2D eigenvalue weighted by Crippen LogP contribution is -2.61. The van der Waals surface area contributed by atoms with Gasteiger partial charge < -0.3 is 10.1 Å². The van der Waals surface area contributed by atoms with Gasteiger partial charge in [-0.25, -0.2) is 4.39 Å². The maximum absolute atomic E-state index is 13.6. The summed E-state index contributed by atoms with van der Waals surface area (Å²) >= 11 is 0. The molecule has 2 heterocycles. The molecule has 1 N–H and O–H groups in total. The van der Waals surface area contributed by atoms with Gasteiger partial charge in [-0.15, -0.1) is 0 Å². The number of alkyl halides is 1. The van der Waals surface area contributed by atoms with Crippen molar-refractivity contribution < 1.29 is 9.13 Å². The maximum atomic E-state index is 13.6. The van der Waals surface area contributed by atoms with Gasteiger partial charge in [-0.05, 0) is 12.8 Å². The fourth-order valence-electron chi connectivity index (χ4n) is 1.80. The molecule has 0 spiro atoms. The first-order chi connectivity index (χ1) is 5.31. The first-order valence-corrected chi connectivity index (χ1v) is 4.29. The van der Waals surface area contributed by atoms with Crippen LogP contribution in [0.3, 0.4) is 0 Å². The highest BCUT2D eigenvalue weighted by Gasteiger charge is 2.45. The average Bonchev–Trinajstić information content (AvgIpc) is 2.02. The van der Waals surface area contributed by atoms with E-state index < -0.39 is 5.67 Å². The second-order valence-corrected chi connectivity index (χ2v) is 3.55. The minimum absolute atomic E-state index is 0.150. The van der Waals surface area contributed by atoms with Crippen molar-refractivity contribution in [3.63, 3.8) is 0 Å². The van der Waals surface area contributed by atoms with Gasteiger partial charge in [0.15, 0.2) is 0 Å². The van der Waals surface area contributed by atoms with E-state index in [1.54, 1.807) is 0 Å². The predicted molar refractivity (Wildman–Crippen MR) is 40.3 cm³/mol. The quantitative estimate of drug-likeness (QED) is 0.609. The molecule has 64 valence electrons. The van der Waals surface area contributed by atoms with Gasteiger partial charge in [0.25, 0.3) is 0 Å². The monoisotopic (exact) mass is 159 g/mol. The Kier molecular flexibility index (Phi) is 1.85. The number of hydrogen-bond acceptors (Lipinski definition) is 2. The number of ether oxygens (including phenoxy) is 1. The molecule has 2 saturated heterocycles. The Labute approximate surface area is 66.1 Å². The van der Waals surface area contributed by atoms with Gasteiger partial charge in [-0.3, -0.25) is 0 Å². The van der Waals surface area contributed by atoms with Crippen LogP contribution in [0, 0.1) is 5.92 Å². The second kappa shape index (κ2) is 2.72. The van der Waals surface area contributed by atoms with E-state index in [0.717, 1.165) is 19.4 Å². The molecule has 2 fully saturated rings. The van der Waals surface area contributed by atoms with Crippen molar-refractivity contribution in [2.45, 2.75) is 18.5 Å². The Hall–Kier alpha value is -0.150. The number of hydrogen-bond donors (Lipinski definition) is 1. The summed E-state index contributed by atoms with van der Waals surface area (Å²) in [7, 11) is 0. The van der Waals surface area contributed by atoms with Crippen LogP contribution in [0.5, 0.6) is 0 Å². The number of nitrogens with one attached hydrogen (secondary N) is 1. The van der Waals surface area contributed by atoms with Gasteiger partial charge >= 0.3 is 0 Å². The summed E-state index contributed by atoms with van der Waals surface area (Å²) in [6.07, 6.45) is 2.02. The third kappa shape index (κ3) is 1.27. The predicted octanol–water partition coefficient (Wildman–Crippen LogP) is 0.724. The summed E-state index contributed by atoms with van der Waals surface area (Å²) in [6.45, 7) is 2.50. The van der Waals surface area contributed by atoms with Crippen LogP contribution >= 0.6 is 0 Å². The van der Waals surface area contributed by atoms with Crippen molar-refractivity contribution in [1.82, 2.24) is 5.32 Å². The smallest absolute Gasteiger partial charge is 0.140 e. The van der Waals surface area contributed by atoms with E-state index in [1.165, 1.54) is 0 Å². The van der Waals surface area contributed by atoms with Crippen molar-refractivity contribution in [2.75, 3.05) is 26.3 Å². The van der Waals surface area contributed by atoms with Crippen LogP contribution in [0.1, 0.15) is 12.8 Å². The zero-order valence-electron chi connectivity index (χ0n) is 6.61. The van der Waals surface area contributed by atoms with Crippen molar-refractivity contribution in [1.29, 1.82) is 0 Å². The molecule has 0 aromatic heterocycles. The van der Waals surface area contributed by atoms with Gasteiger partial charge in [0.2, 0.25) is 0 Å². The van der Waals surface area contributed by atoms with Crippen molar-refractivity contribution in [3.05, 3.63) is 0 Å². The summed E-state index contributed by atoms with van der Waals surface area (Å²) in [6, 6.07) is 0. The summed E-state index contributed by atoms with van der Waals surface area (Å²) < 4.78 is 18.9. The van der Waals surface area contributed by atoms with E-state index in [-0.39, 0.29) is 5.92 Å². The normalized spacial score (nSPS) is 36.3. The van der Waals surface area contributed by atoms with E-state index >= 15 is 0 Å². The molecule has 0 saturated carbocycles. The van der Waals surface area contributed by atoms with Crippen LogP contribution in [-0.4, -0.2) is 32.0 Å². The van der Waals surface area contributed by atoms with Crippen molar-refractivity contribution in [2.24, 2.45) is 5.92 Å². The lowest BCUT2D eigenvalue weighted by molar-refractivity contribution is -0.0543. The summed E-state index contributed by atoms with van der Waals surface area (Å²) in [4.78, 5) is 0. The highest BCUT2D eigenvalue weighted by molar-refractivity contribution is 4.99. The molecule has 0 bridgehead atoms. The topological polar surface area (TPSA) is 21.3 Å². The highest BCUT2D eigenvalue weighted by Crippen LogP contribution is 2.32. The Balaban J connectivity index is 1.91. The third-order valence-corrected chi connectivity index (χ3v) is 2.73. The Morgan fingerprint density at radius 3 is 2.73 bits per heavy atom. The molecule has 1 atom stereocenters. The van der Waals surface area contributed by atoms with Gasteiger partial charge in [0.1, 0.15) is 5.67 Å². The molecule has 2 aliphatic rings. The van der Waals surface area contributed by atoms with Gasteiger partial charge in [-0.1, -0.05) is 0 Å². The maximum Gasteiger partial charge on any atom is 0.140 e. The Morgan fingerprint density at radius 1 is 1.45 bits per heavy atom. The Morgan fingerprint density at radius 2 is 2.27 bits per heavy atom. The molecule has 0 radical (unpaired) electrons. The first kappa shape index (κ1) is 7.50. The minimum atomic E-state index is -0.944. The number of halogens is 1. The SMILES string of the molecule is FC1(C2CCCOC2)CNC1. The van der Waals surface area contributed by atoms with Crippen LogP contribution in [0.4, 0.5) is 4.39 Å². The molecule has 2 aliphatic heterocycles. The first-order valence-electron chi connectivity index (χ1n) is 4.29. The standard InChI is InChI=1S/C8H14FNO/c9-8(5-10-6-8)7-2-1-3-11-4-7/h7,10H,1-6H2. The van der Waals surface area contributed by atoms with Crippen molar-refractivity contribution >= 4 is 0 Å². The zero-order valence-corrected chi connectivity index (χ0v) is 6.61. The molecule has 2 nitrogen and oxygen atoms in total. The van der Waals surface area contributed by atoms with Gasteiger partial charge in [0, 0.05) is 25.6 Å². The minimum Gasteiger partial charge on any atom is -0.381 e. The third-order valence-electron chi connectivity index (χ3n) is 2.73. The van der Waals surface area contributed by atoms with Crippen LogP contribution in [0.2, 0.25) is 0 Å². The van der Waals surface area contributed by atoms with E-state index in [4.69, 9.17) is 4.74 Å². The average molecular weight is 159 g/mol. The van der Waals surface area contributed by atoms with E-state index in [0.29, 0.717) is 19.7 Å². The van der Waals surface area contributed by atoms with E-state index in [2.05, 4.69) is 5.32 Å². The lowest BCUT2D eigenvalue weighted by Gasteiger charge is -2.42. The molecule has 0 aromatic rings. The van der Waals surface area contributed by atoms with Crippen molar-refractivity contribution in [3.8, 4) is 0 Å². The molecular formula is C8H14FNO. The van der Waals surface area contributed by atoms with E-state index in [9.17, 15) is 4.39 Å². The molecule has 2 rings (SSSR count). The lowest BCUT2D eigenvalue weighted by atomic mass is 9.81. The molecule has 0 aromatic carbocycles. The number of rotatable bonds is 1. The molecule has 11 heavy (non-hydrogen) atoms. The highest BCUT2D eigenvalue weighted by atomic mass is 19.1. The van der Waals surface area contributed by atoms with Crippen LogP contribution in [-0.2, 0) is 4.74 Å². The largest absolute Gasteiger partial charge is 0.381 e. The molecule has 0 amide bonds. The molecular weight excluding hydrogens is 145 g/mol. The Bertz CT molecular complexity index is 141. The fourth-order valence-corrected chi connectivity index (χ4v) is 1.80. The summed E-state index contributed by atoms with van der Waals surface area (Å²) in [5.41, 5.74) is -0.944. The fraction of sp³-hybridized carbons (Fsp3) is 1.00. The van der Waals surface area contributed by atoms with Crippen LogP contribution in [0.25, 0.3) is 0 Å². The van der Waals surface area contributed by atoms with Crippen LogP contribution in [0.15, 0.2) is 0 Å². The summed E-state index contributed by atoms with van der Waals surface area (Å²) in [5, 5.41) is 2.97. The van der Waals surface area contributed by atoms with Gasteiger partial charge in [0.05, 0.1) is 6.61 Å².